The first kappa shape index (κ1) is 16.3. The smallest absolute Gasteiger partial charge is 0.248 e. The Hall–Kier alpha value is -3.59. The maximum Gasteiger partial charge on any atom is 0.248 e. The summed E-state index contributed by atoms with van der Waals surface area (Å²) in [4.78, 5) is 23.0. The number of carbonyl (C=O) groups is 2. The summed E-state index contributed by atoms with van der Waals surface area (Å²) < 4.78 is 5.17. The van der Waals surface area contributed by atoms with Crippen molar-refractivity contribution in [2.24, 2.45) is 5.73 Å². The number of benzene rings is 2. The molecule has 0 radical (unpaired) electrons. The van der Waals surface area contributed by atoms with Crippen molar-refractivity contribution in [2.45, 2.75) is 6.42 Å². The van der Waals surface area contributed by atoms with E-state index in [2.05, 4.69) is 22.3 Å². The van der Waals surface area contributed by atoms with Gasteiger partial charge in [0.2, 0.25) is 11.8 Å². The van der Waals surface area contributed by atoms with Gasteiger partial charge in [-0.15, -0.1) is 0 Å². The summed E-state index contributed by atoms with van der Waals surface area (Å²) >= 11 is 0. The number of rotatable bonds is 4. The molecule has 0 aliphatic rings. The first-order valence-corrected chi connectivity index (χ1v) is 7.62. The van der Waals surface area contributed by atoms with E-state index in [9.17, 15) is 9.59 Å². The third-order valence-corrected chi connectivity index (χ3v) is 3.56. The predicted octanol–water partition coefficient (Wildman–Crippen LogP) is 1.64. The van der Waals surface area contributed by atoms with Gasteiger partial charge in [-0.2, -0.15) is 0 Å². The van der Waals surface area contributed by atoms with E-state index in [1.54, 1.807) is 30.3 Å². The van der Waals surface area contributed by atoms with Crippen LogP contribution in [0.25, 0.3) is 11.0 Å². The molecule has 0 spiro atoms. The number of nitrogens with one attached hydrogen (secondary N) is 1. The Morgan fingerprint density at radius 1 is 1.12 bits per heavy atom. The highest BCUT2D eigenvalue weighted by molar-refractivity contribution is 5.92. The van der Waals surface area contributed by atoms with Gasteiger partial charge in [0, 0.05) is 16.5 Å². The Morgan fingerprint density at radius 2 is 1.88 bits per heavy atom. The molecule has 0 fully saturated rings. The first-order chi connectivity index (χ1) is 12.1. The molecule has 25 heavy (non-hydrogen) atoms. The molecule has 1 aromatic heterocycles. The molecule has 0 aliphatic carbocycles. The minimum absolute atomic E-state index is 0.131. The van der Waals surface area contributed by atoms with Gasteiger partial charge in [-0.25, -0.2) is 0 Å². The number of hydrogen-bond donors (Lipinski definition) is 2. The number of nitrogens with two attached hydrogens (primary N) is 1. The highest BCUT2D eigenvalue weighted by atomic mass is 16.5. The average molecular weight is 333 g/mol. The van der Waals surface area contributed by atoms with Crippen LogP contribution >= 0.6 is 0 Å². The molecular formula is C19H15N3O3. The lowest BCUT2D eigenvalue weighted by Crippen LogP contribution is -2.25. The molecule has 3 N–H and O–H groups in total. The maximum atomic E-state index is 12.0. The van der Waals surface area contributed by atoms with E-state index in [-0.39, 0.29) is 18.9 Å². The Balaban J connectivity index is 1.54. The van der Waals surface area contributed by atoms with Crippen LogP contribution < -0.4 is 11.1 Å². The van der Waals surface area contributed by atoms with E-state index in [0.29, 0.717) is 16.8 Å². The van der Waals surface area contributed by atoms with Crippen LogP contribution in [0.3, 0.4) is 0 Å². The number of nitrogens with zero attached hydrogens (tertiary/aromatic N) is 1. The third kappa shape index (κ3) is 4.03. The van der Waals surface area contributed by atoms with Crippen molar-refractivity contribution in [2.75, 3.05) is 6.54 Å². The Kier molecular flexibility index (Phi) is 4.77. The number of carbonyl (C=O) groups excluding carboxylic acids is 2. The van der Waals surface area contributed by atoms with Crippen LogP contribution in [0.15, 0.2) is 53.1 Å². The fourth-order valence-corrected chi connectivity index (χ4v) is 2.29. The van der Waals surface area contributed by atoms with Crippen molar-refractivity contribution in [3.63, 3.8) is 0 Å². The fourth-order valence-electron chi connectivity index (χ4n) is 2.29. The van der Waals surface area contributed by atoms with Crippen LogP contribution in [0, 0.1) is 11.8 Å². The summed E-state index contributed by atoms with van der Waals surface area (Å²) in [5.74, 6) is 5.10. The van der Waals surface area contributed by atoms with Crippen LogP contribution in [-0.4, -0.2) is 23.5 Å². The van der Waals surface area contributed by atoms with E-state index in [1.165, 1.54) is 0 Å². The number of aromatic nitrogens is 1. The van der Waals surface area contributed by atoms with Crippen LogP contribution in [0.1, 0.15) is 21.6 Å². The second kappa shape index (κ2) is 7.32. The van der Waals surface area contributed by atoms with Gasteiger partial charge in [0.1, 0.15) is 5.69 Å². The zero-order valence-corrected chi connectivity index (χ0v) is 13.3. The fraction of sp³-hybridized carbons (Fsp3) is 0.105. The maximum absolute atomic E-state index is 12.0. The van der Waals surface area contributed by atoms with Gasteiger partial charge in [-0.1, -0.05) is 29.1 Å². The second-order valence-electron chi connectivity index (χ2n) is 5.32. The number of primary amides is 1. The monoisotopic (exact) mass is 333 g/mol. The summed E-state index contributed by atoms with van der Waals surface area (Å²) in [6, 6.07) is 14.0. The van der Waals surface area contributed by atoms with Crippen molar-refractivity contribution in [1.29, 1.82) is 0 Å². The quantitative estimate of drug-likeness (QED) is 0.709. The van der Waals surface area contributed by atoms with Crippen molar-refractivity contribution < 1.29 is 14.1 Å². The predicted molar refractivity (Wildman–Crippen MR) is 92.6 cm³/mol. The average Bonchev–Trinajstić information content (AvgIpc) is 3.02. The topological polar surface area (TPSA) is 98.2 Å². The molecule has 6 heteroatoms. The van der Waals surface area contributed by atoms with E-state index in [0.717, 1.165) is 10.9 Å². The number of para-hydroxylation sites is 1. The SMILES string of the molecule is NC(=O)c1ccc(C#CCNC(=O)Cc2noc3ccccc23)cc1. The van der Waals surface area contributed by atoms with Crippen LogP contribution in [0.2, 0.25) is 0 Å². The molecule has 0 bridgehead atoms. The molecule has 0 aliphatic heterocycles. The largest absolute Gasteiger partial charge is 0.366 e. The first-order valence-electron chi connectivity index (χ1n) is 7.62. The van der Waals surface area contributed by atoms with Crippen LogP contribution in [0.5, 0.6) is 0 Å². The number of fused-ring (bicyclic) bond motifs is 1. The summed E-state index contributed by atoms with van der Waals surface area (Å²) in [6.45, 7) is 0.214. The molecule has 2 aromatic carbocycles. The van der Waals surface area contributed by atoms with E-state index in [1.807, 2.05) is 18.2 Å². The minimum Gasteiger partial charge on any atom is -0.366 e. The molecule has 3 rings (SSSR count). The number of amides is 2. The highest BCUT2D eigenvalue weighted by Gasteiger charge is 2.11. The van der Waals surface area contributed by atoms with E-state index >= 15 is 0 Å². The summed E-state index contributed by atoms with van der Waals surface area (Å²) in [7, 11) is 0. The molecule has 6 nitrogen and oxygen atoms in total. The Morgan fingerprint density at radius 3 is 2.64 bits per heavy atom. The molecule has 0 saturated carbocycles. The van der Waals surface area contributed by atoms with Crippen molar-refractivity contribution >= 4 is 22.8 Å². The Labute approximate surface area is 144 Å². The van der Waals surface area contributed by atoms with Crippen molar-refractivity contribution in [1.82, 2.24) is 10.5 Å². The van der Waals surface area contributed by atoms with Crippen LogP contribution in [-0.2, 0) is 11.2 Å². The van der Waals surface area contributed by atoms with E-state index < -0.39 is 5.91 Å². The molecule has 2 amide bonds. The minimum atomic E-state index is -0.479. The standard InChI is InChI=1S/C19H15N3O3/c20-19(24)14-9-7-13(8-10-14)4-3-11-21-18(23)12-16-15-5-1-2-6-17(15)25-22-16/h1-2,5-10H,11-12H2,(H2,20,24)(H,21,23). The zero-order valence-electron chi connectivity index (χ0n) is 13.3. The lowest BCUT2D eigenvalue weighted by atomic mass is 10.1. The van der Waals surface area contributed by atoms with E-state index in [4.69, 9.17) is 10.3 Å². The lowest BCUT2D eigenvalue weighted by molar-refractivity contribution is -0.120. The summed E-state index contributed by atoms with van der Waals surface area (Å²) in [6.07, 6.45) is 0.131. The summed E-state index contributed by atoms with van der Waals surface area (Å²) in [5.41, 5.74) is 7.60. The van der Waals surface area contributed by atoms with Gasteiger partial charge < -0.3 is 15.6 Å². The third-order valence-electron chi connectivity index (χ3n) is 3.56. The second-order valence-corrected chi connectivity index (χ2v) is 5.32. The van der Waals surface area contributed by atoms with Crippen molar-refractivity contribution in [3.8, 4) is 11.8 Å². The lowest BCUT2D eigenvalue weighted by Gasteiger charge is -1.99. The molecule has 0 atom stereocenters. The van der Waals surface area contributed by atoms with Gasteiger partial charge in [0.15, 0.2) is 5.58 Å². The van der Waals surface area contributed by atoms with Gasteiger partial charge in [-0.05, 0) is 36.4 Å². The zero-order chi connectivity index (χ0) is 17.6. The summed E-state index contributed by atoms with van der Waals surface area (Å²) in [5, 5.41) is 7.47. The van der Waals surface area contributed by atoms with Crippen LogP contribution in [0.4, 0.5) is 0 Å². The highest BCUT2D eigenvalue weighted by Crippen LogP contribution is 2.17. The molecule has 3 aromatic rings. The van der Waals surface area contributed by atoms with Crippen molar-refractivity contribution in [3.05, 3.63) is 65.4 Å². The van der Waals surface area contributed by atoms with Gasteiger partial charge in [0.25, 0.3) is 0 Å². The van der Waals surface area contributed by atoms with Gasteiger partial charge >= 0.3 is 0 Å². The molecule has 1 heterocycles. The molecule has 0 saturated heterocycles. The molecule has 0 unspecified atom stereocenters. The molecule has 124 valence electrons. The van der Waals surface area contributed by atoms with Gasteiger partial charge in [0.05, 0.1) is 13.0 Å². The number of hydrogen-bond acceptors (Lipinski definition) is 4. The normalized spacial score (nSPS) is 10.1. The van der Waals surface area contributed by atoms with Gasteiger partial charge in [-0.3, -0.25) is 9.59 Å². The Bertz CT molecular complexity index is 978. The molecular weight excluding hydrogens is 318 g/mol.